The van der Waals surface area contributed by atoms with E-state index < -0.39 is 5.91 Å². The quantitative estimate of drug-likeness (QED) is 0.772. The van der Waals surface area contributed by atoms with Crippen LogP contribution in [0.1, 0.15) is 35.3 Å². The first kappa shape index (κ1) is 13.3. The molecule has 1 aromatic rings. The van der Waals surface area contributed by atoms with Crippen LogP contribution >= 0.6 is 0 Å². The van der Waals surface area contributed by atoms with Crippen molar-refractivity contribution in [1.82, 2.24) is 5.32 Å². The largest absolute Gasteiger partial charge is 0.366 e. The van der Waals surface area contributed by atoms with Crippen LogP contribution in [0.2, 0.25) is 0 Å². The van der Waals surface area contributed by atoms with Crippen LogP contribution in [0.3, 0.4) is 0 Å². The monoisotopic (exact) mass is 230 g/mol. The van der Waals surface area contributed by atoms with Gasteiger partial charge in [-0.2, -0.15) is 0 Å². The molecule has 3 heteroatoms. The van der Waals surface area contributed by atoms with Gasteiger partial charge in [-0.25, -0.2) is 0 Å². The van der Waals surface area contributed by atoms with Crippen molar-refractivity contribution in [1.29, 1.82) is 0 Å². The van der Waals surface area contributed by atoms with Gasteiger partial charge in [0.25, 0.3) is 0 Å². The van der Waals surface area contributed by atoms with Crippen molar-refractivity contribution in [3.8, 4) is 12.3 Å². The molecule has 0 aliphatic carbocycles. The molecule has 1 aromatic carbocycles. The maximum atomic E-state index is 11.0. The van der Waals surface area contributed by atoms with Gasteiger partial charge in [0.05, 0.1) is 5.54 Å². The number of amides is 1. The fraction of sp³-hybridized carbons (Fsp3) is 0.357. The summed E-state index contributed by atoms with van der Waals surface area (Å²) >= 11 is 0. The molecule has 17 heavy (non-hydrogen) atoms. The standard InChI is InChI=1S/C14H18N2O/c1-5-14(3,4)16-9-12-7-6-11(13(15)17)8-10(12)2/h1,6-8,16H,9H2,2-4H3,(H2,15,17). The fourth-order valence-corrected chi connectivity index (χ4v) is 1.41. The van der Waals surface area contributed by atoms with E-state index in [1.807, 2.05) is 26.8 Å². The van der Waals surface area contributed by atoms with Crippen molar-refractivity contribution in [2.24, 2.45) is 5.73 Å². The molecular weight excluding hydrogens is 212 g/mol. The van der Waals surface area contributed by atoms with Crippen molar-refractivity contribution in [3.05, 3.63) is 34.9 Å². The van der Waals surface area contributed by atoms with Crippen molar-refractivity contribution in [2.75, 3.05) is 0 Å². The predicted molar refractivity (Wildman–Crippen MR) is 69.4 cm³/mol. The Kier molecular flexibility index (Phi) is 3.93. The Morgan fingerprint density at radius 3 is 2.65 bits per heavy atom. The van der Waals surface area contributed by atoms with Gasteiger partial charge in [0, 0.05) is 12.1 Å². The summed E-state index contributed by atoms with van der Waals surface area (Å²) in [4.78, 5) is 11.0. The van der Waals surface area contributed by atoms with Crippen LogP contribution in [0, 0.1) is 19.3 Å². The highest BCUT2D eigenvalue weighted by Crippen LogP contribution is 2.12. The smallest absolute Gasteiger partial charge is 0.248 e. The van der Waals surface area contributed by atoms with E-state index in [0.717, 1.165) is 11.1 Å². The molecule has 0 radical (unpaired) electrons. The molecule has 0 fully saturated rings. The molecule has 0 atom stereocenters. The molecule has 3 nitrogen and oxygen atoms in total. The number of hydrogen-bond acceptors (Lipinski definition) is 2. The summed E-state index contributed by atoms with van der Waals surface area (Å²) in [5, 5.41) is 3.26. The van der Waals surface area contributed by atoms with Crippen LogP contribution in [0.4, 0.5) is 0 Å². The number of primary amides is 1. The fourth-order valence-electron chi connectivity index (χ4n) is 1.41. The van der Waals surface area contributed by atoms with Crippen molar-refractivity contribution in [3.63, 3.8) is 0 Å². The van der Waals surface area contributed by atoms with E-state index in [2.05, 4.69) is 11.2 Å². The molecule has 90 valence electrons. The lowest BCUT2D eigenvalue weighted by molar-refractivity contribution is 0.1000. The molecule has 1 rings (SSSR count). The average Bonchev–Trinajstić information content (AvgIpc) is 2.27. The summed E-state index contributed by atoms with van der Waals surface area (Å²) in [6.07, 6.45) is 5.40. The highest BCUT2D eigenvalue weighted by atomic mass is 16.1. The van der Waals surface area contributed by atoms with Crippen LogP contribution < -0.4 is 11.1 Å². The molecule has 0 unspecified atom stereocenters. The average molecular weight is 230 g/mol. The Labute approximate surface area is 102 Å². The molecular formula is C14H18N2O. The first-order valence-electron chi connectivity index (χ1n) is 5.48. The minimum absolute atomic E-state index is 0.338. The van der Waals surface area contributed by atoms with E-state index in [4.69, 9.17) is 12.2 Å². The second-order valence-corrected chi connectivity index (χ2v) is 4.63. The lowest BCUT2D eigenvalue weighted by Gasteiger charge is -2.20. The highest BCUT2D eigenvalue weighted by Gasteiger charge is 2.13. The van der Waals surface area contributed by atoms with Gasteiger partial charge in [0.15, 0.2) is 0 Å². The summed E-state index contributed by atoms with van der Waals surface area (Å²) in [5.74, 6) is 2.27. The van der Waals surface area contributed by atoms with Gasteiger partial charge in [-0.3, -0.25) is 10.1 Å². The first-order valence-corrected chi connectivity index (χ1v) is 5.48. The zero-order valence-electron chi connectivity index (χ0n) is 10.5. The number of nitrogens with one attached hydrogen (secondary N) is 1. The molecule has 0 aromatic heterocycles. The number of rotatable bonds is 4. The zero-order chi connectivity index (χ0) is 13.1. The van der Waals surface area contributed by atoms with Gasteiger partial charge in [-0.1, -0.05) is 12.0 Å². The molecule has 1 amide bonds. The summed E-state index contributed by atoms with van der Waals surface area (Å²) < 4.78 is 0. The number of nitrogens with two attached hydrogens (primary N) is 1. The second-order valence-electron chi connectivity index (χ2n) is 4.63. The predicted octanol–water partition coefficient (Wildman–Crippen LogP) is 1.60. The minimum Gasteiger partial charge on any atom is -0.366 e. The van der Waals surface area contributed by atoms with Crippen LogP contribution in [-0.4, -0.2) is 11.4 Å². The third-order valence-electron chi connectivity index (χ3n) is 2.71. The van der Waals surface area contributed by atoms with Gasteiger partial charge in [0.1, 0.15) is 0 Å². The van der Waals surface area contributed by atoms with Crippen molar-refractivity contribution < 1.29 is 4.79 Å². The summed E-state index contributed by atoms with van der Waals surface area (Å²) in [7, 11) is 0. The van der Waals surface area contributed by atoms with Gasteiger partial charge >= 0.3 is 0 Å². The normalized spacial score (nSPS) is 10.9. The molecule has 0 saturated carbocycles. The van der Waals surface area contributed by atoms with E-state index in [1.54, 1.807) is 12.1 Å². The Balaban J connectivity index is 2.81. The maximum absolute atomic E-state index is 11.0. The molecule has 0 spiro atoms. The minimum atomic E-state index is -0.406. The molecule has 0 aliphatic rings. The SMILES string of the molecule is C#CC(C)(C)NCc1ccc(C(N)=O)cc1C. The zero-order valence-corrected chi connectivity index (χ0v) is 10.5. The van der Waals surface area contributed by atoms with E-state index in [9.17, 15) is 4.79 Å². The maximum Gasteiger partial charge on any atom is 0.248 e. The summed E-state index contributed by atoms with van der Waals surface area (Å²) in [6.45, 7) is 6.51. The van der Waals surface area contributed by atoms with Gasteiger partial charge in [-0.15, -0.1) is 6.42 Å². The van der Waals surface area contributed by atoms with Gasteiger partial charge in [0.2, 0.25) is 5.91 Å². The van der Waals surface area contributed by atoms with E-state index in [1.165, 1.54) is 0 Å². The Bertz CT molecular complexity index is 470. The Hall–Kier alpha value is -1.79. The molecule has 0 bridgehead atoms. The number of aryl methyl sites for hydroxylation is 1. The second kappa shape index (κ2) is 5.03. The molecule has 0 heterocycles. The Morgan fingerprint density at radius 1 is 1.53 bits per heavy atom. The first-order chi connectivity index (χ1) is 7.85. The van der Waals surface area contributed by atoms with Crippen LogP contribution in [0.5, 0.6) is 0 Å². The summed E-state index contributed by atoms with van der Waals surface area (Å²) in [6, 6.07) is 5.42. The third-order valence-corrected chi connectivity index (χ3v) is 2.71. The van der Waals surface area contributed by atoms with Crippen LogP contribution in [0.25, 0.3) is 0 Å². The lowest BCUT2D eigenvalue weighted by atomic mass is 10.0. The number of carbonyl (C=O) groups excluding carboxylic acids is 1. The van der Waals surface area contributed by atoms with E-state index in [-0.39, 0.29) is 5.54 Å². The summed E-state index contributed by atoms with van der Waals surface area (Å²) in [5.41, 5.74) is 7.55. The highest BCUT2D eigenvalue weighted by molar-refractivity contribution is 5.93. The van der Waals surface area contributed by atoms with Crippen LogP contribution in [0.15, 0.2) is 18.2 Å². The molecule has 0 saturated heterocycles. The van der Waals surface area contributed by atoms with E-state index >= 15 is 0 Å². The van der Waals surface area contributed by atoms with E-state index in [0.29, 0.717) is 12.1 Å². The lowest BCUT2D eigenvalue weighted by Crippen LogP contribution is -2.37. The van der Waals surface area contributed by atoms with Gasteiger partial charge < -0.3 is 5.73 Å². The Morgan fingerprint density at radius 2 is 2.18 bits per heavy atom. The number of carbonyl (C=O) groups is 1. The third kappa shape index (κ3) is 3.61. The van der Waals surface area contributed by atoms with Crippen molar-refractivity contribution >= 4 is 5.91 Å². The van der Waals surface area contributed by atoms with Crippen molar-refractivity contribution in [2.45, 2.75) is 32.9 Å². The van der Waals surface area contributed by atoms with Crippen LogP contribution in [-0.2, 0) is 6.54 Å². The molecule has 0 aliphatic heterocycles. The molecule has 3 N–H and O–H groups in total. The number of benzene rings is 1. The number of hydrogen-bond donors (Lipinski definition) is 2. The van der Waals surface area contributed by atoms with Gasteiger partial charge in [-0.05, 0) is 44.0 Å². The topological polar surface area (TPSA) is 55.1 Å². The number of terminal acetylenes is 1.